The number of carbonyl (C=O) groups excluding carboxylic acids is 2. The molecule has 0 aliphatic carbocycles. The number of ether oxygens (including phenoxy) is 2. The minimum atomic E-state index is -0.336. The maximum absolute atomic E-state index is 12.1. The van der Waals surface area contributed by atoms with Crippen molar-refractivity contribution in [1.29, 1.82) is 0 Å². The third-order valence-electron chi connectivity index (χ3n) is 4.28. The normalized spacial score (nSPS) is 10.9. The van der Waals surface area contributed by atoms with E-state index in [0.29, 0.717) is 18.1 Å². The van der Waals surface area contributed by atoms with Gasteiger partial charge in [-0.25, -0.2) is 5.43 Å². The molecule has 2 aromatic rings. The number of hydrogen-bond donors (Lipinski definition) is 2. The zero-order chi connectivity index (χ0) is 22.8. The van der Waals surface area contributed by atoms with E-state index in [1.165, 1.54) is 6.21 Å². The van der Waals surface area contributed by atoms with E-state index in [4.69, 9.17) is 9.47 Å². The summed E-state index contributed by atoms with van der Waals surface area (Å²) in [5, 5.41) is 6.81. The van der Waals surface area contributed by atoms with Crippen LogP contribution in [0.1, 0.15) is 50.3 Å². The Labute approximate surface area is 183 Å². The lowest BCUT2D eigenvalue weighted by Crippen LogP contribution is -2.21. The summed E-state index contributed by atoms with van der Waals surface area (Å²) in [6.07, 6.45) is 1.67. The topological polar surface area (TPSA) is 89.0 Å². The van der Waals surface area contributed by atoms with Crippen LogP contribution in [-0.4, -0.2) is 30.7 Å². The van der Waals surface area contributed by atoms with Crippen LogP contribution in [0.2, 0.25) is 0 Å². The molecule has 0 aromatic heterocycles. The number of hydrazone groups is 1. The Morgan fingerprint density at radius 2 is 1.77 bits per heavy atom. The van der Waals surface area contributed by atoms with Crippen LogP contribution >= 0.6 is 0 Å². The monoisotopic (exact) mass is 425 g/mol. The number of aryl methyl sites for hydroxylation is 2. The molecule has 2 rings (SSSR count). The number of anilines is 1. The van der Waals surface area contributed by atoms with Crippen molar-refractivity contribution in [2.45, 2.75) is 53.6 Å². The van der Waals surface area contributed by atoms with Crippen LogP contribution in [0, 0.1) is 13.8 Å². The molecule has 2 aromatic carbocycles. The predicted octanol–water partition coefficient (Wildman–Crippen LogP) is 4.36. The second-order valence-electron chi connectivity index (χ2n) is 7.47. The number of carbonyl (C=O) groups is 2. The molecule has 0 fully saturated rings. The zero-order valence-electron chi connectivity index (χ0n) is 18.8. The second-order valence-corrected chi connectivity index (χ2v) is 7.47. The molecular formula is C24H31N3O4. The average molecular weight is 426 g/mol. The Morgan fingerprint density at radius 1 is 1.03 bits per heavy atom. The van der Waals surface area contributed by atoms with Crippen molar-refractivity contribution < 1.29 is 19.1 Å². The summed E-state index contributed by atoms with van der Waals surface area (Å²) in [6, 6.07) is 11.3. The summed E-state index contributed by atoms with van der Waals surface area (Å²) < 4.78 is 11.3. The fraction of sp³-hybridized carbons (Fsp3) is 0.375. The van der Waals surface area contributed by atoms with Crippen LogP contribution in [0.5, 0.6) is 11.5 Å². The van der Waals surface area contributed by atoms with E-state index in [0.717, 1.165) is 22.4 Å². The lowest BCUT2D eigenvalue weighted by Gasteiger charge is -2.14. The highest BCUT2D eigenvalue weighted by atomic mass is 16.5. The Bertz CT molecular complexity index is 938. The van der Waals surface area contributed by atoms with Crippen molar-refractivity contribution in [2.24, 2.45) is 5.10 Å². The van der Waals surface area contributed by atoms with E-state index in [1.54, 1.807) is 6.07 Å². The highest BCUT2D eigenvalue weighted by Gasteiger charge is 2.09. The Hall–Kier alpha value is -3.35. The largest absolute Gasteiger partial charge is 0.490 e. The molecule has 0 aliphatic rings. The number of nitrogens with one attached hydrogen (secondary N) is 2. The molecule has 166 valence electrons. The molecule has 31 heavy (non-hydrogen) atoms. The van der Waals surface area contributed by atoms with Crippen LogP contribution in [0.4, 0.5) is 5.69 Å². The van der Waals surface area contributed by atoms with E-state index in [1.807, 2.05) is 65.0 Å². The van der Waals surface area contributed by atoms with Crippen molar-refractivity contribution in [1.82, 2.24) is 5.43 Å². The average Bonchev–Trinajstić information content (AvgIpc) is 2.71. The summed E-state index contributed by atoms with van der Waals surface area (Å²) >= 11 is 0. The summed E-state index contributed by atoms with van der Waals surface area (Å²) in [4.78, 5) is 24.1. The van der Waals surface area contributed by atoms with Crippen LogP contribution in [0.15, 0.2) is 41.5 Å². The third-order valence-corrected chi connectivity index (χ3v) is 4.28. The lowest BCUT2D eigenvalue weighted by molar-refractivity contribution is -0.124. The Balaban J connectivity index is 1.85. The van der Waals surface area contributed by atoms with Crippen molar-refractivity contribution in [3.63, 3.8) is 0 Å². The first kappa shape index (κ1) is 23.9. The van der Waals surface area contributed by atoms with Gasteiger partial charge in [0, 0.05) is 18.5 Å². The zero-order valence-corrected chi connectivity index (χ0v) is 18.8. The number of hydrogen-bond acceptors (Lipinski definition) is 5. The molecule has 0 aliphatic heterocycles. The Morgan fingerprint density at radius 3 is 2.48 bits per heavy atom. The van der Waals surface area contributed by atoms with Gasteiger partial charge < -0.3 is 14.8 Å². The van der Waals surface area contributed by atoms with Gasteiger partial charge in [-0.3, -0.25) is 9.59 Å². The molecule has 0 saturated carbocycles. The minimum absolute atomic E-state index is 0.0324. The fourth-order valence-electron chi connectivity index (χ4n) is 2.77. The fourth-order valence-corrected chi connectivity index (χ4v) is 2.77. The molecule has 0 bridgehead atoms. The highest BCUT2D eigenvalue weighted by Crippen LogP contribution is 2.29. The maximum atomic E-state index is 12.1. The van der Waals surface area contributed by atoms with E-state index in [2.05, 4.69) is 15.8 Å². The quantitative estimate of drug-likeness (QED) is 0.437. The number of benzene rings is 2. The van der Waals surface area contributed by atoms with Crippen molar-refractivity contribution in [3.8, 4) is 11.5 Å². The van der Waals surface area contributed by atoms with E-state index < -0.39 is 0 Å². The molecule has 0 atom stereocenters. The van der Waals surface area contributed by atoms with E-state index in [-0.39, 0.29) is 30.8 Å². The third kappa shape index (κ3) is 8.12. The first-order valence-corrected chi connectivity index (χ1v) is 10.4. The van der Waals surface area contributed by atoms with Crippen LogP contribution < -0.4 is 20.2 Å². The molecule has 2 amide bonds. The highest BCUT2D eigenvalue weighted by molar-refractivity contribution is 5.94. The van der Waals surface area contributed by atoms with Crippen LogP contribution in [0.25, 0.3) is 0 Å². The van der Waals surface area contributed by atoms with E-state index in [9.17, 15) is 9.59 Å². The summed E-state index contributed by atoms with van der Waals surface area (Å²) in [5.74, 6) is 0.731. The molecule has 7 heteroatoms. The number of rotatable bonds is 10. The summed E-state index contributed by atoms with van der Waals surface area (Å²) in [5.41, 5.74) is 6.00. The molecular weight excluding hydrogens is 394 g/mol. The van der Waals surface area contributed by atoms with Gasteiger partial charge in [-0.2, -0.15) is 5.10 Å². The van der Waals surface area contributed by atoms with Crippen LogP contribution in [0.3, 0.4) is 0 Å². The van der Waals surface area contributed by atoms with Gasteiger partial charge in [-0.15, -0.1) is 0 Å². The Kier molecular flexibility index (Phi) is 9.06. The van der Waals surface area contributed by atoms with Crippen molar-refractivity contribution in [2.75, 3.05) is 11.9 Å². The summed E-state index contributed by atoms with van der Waals surface area (Å²) in [7, 11) is 0. The van der Waals surface area contributed by atoms with Gasteiger partial charge in [0.1, 0.15) is 0 Å². The molecule has 7 nitrogen and oxygen atoms in total. The van der Waals surface area contributed by atoms with Gasteiger partial charge in [0.15, 0.2) is 11.5 Å². The molecule has 0 heterocycles. The van der Waals surface area contributed by atoms with E-state index >= 15 is 0 Å². The lowest BCUT2D eigenvalue weighted by atomic mass is 10.1. The summed E-state index contributed by atoms with van der Waals surface area (Å²) in [6.45, 7) is 10.2. The van der Waals surface area contributed by atoms with Gasteiger partial charge in [-0.05, 0) is 75.6 Å². The van der Waals surface area contributed by atoms with Gasteiger partial charge in [-0.1, -0.05) is 12.1 Å². The molecule has 0 radical (unpaired) electrons. The smallest absolute Gasteiger partial charge is 0.240 e. The molecule has 2 N–H and O–H groups in total. The van der Waals surface area contributed by atoms with Gasteiger partial charge in [0.25, 0.3) is 0 Å². The maximum Gasteiger partial charge on any atom is 0.240 e. The SMILES string of the molecule is CCOc1cc(C=NNC(=O)CCC(=O)Nc2cc(C)ccc2C)ccc1OC(C)C. The molecule has 0 saturated heterocycles. The molecule has 0 spiro atoms. The standard InChI is InChI=1S/C24H31N3O4/c1-6-30-22-14-19(9-10-21(22)31-16(2)3)15-25-27-24(29)12-11-23(28)26-20-13-17(4)7-8-18(20)5/h7-10,13-16H,6,11-12H2,1-5H3,(H,26,28)(H,27,29). The number of nitrogens with zero attached hydrogens (tertiary/aromatic N) is 1. The first-order chi connectivity index (χ1) is 14.8. The predicted molar refractivity (Wildman–Crippen MR) is 123 cm³/mol. The second kappa shape index (κ2) is 11.7. The van der Waals surface area contributed by atoms with Gasteiger partial charge in [0.05, 0.1) is 18.9 Å². The van der Waals surface area contributed by atoms with Crippen molar-refractivity contribution in [3.05, 3.63) is 53.1 Å². The minimum Gasteiger partial charge on any atom is -0.490 e. The van der Waals surface area contributed by atoms with Gasteiger partial charge >= 0.3 is 0 Å². The van der Waals surface area contributed by atoms with Crippen molar-refractivity contribution >= 4 is 23.7 Å². The number of amides is 2. The van der Waals surface area contributed by atoms with Crippen LogP contribution in [-0.2, 0) is 9.59 Å². The first-order valence-electron chi connectivity index (χ1n) is 10.4. The van der Waals surface area contributed by atoms with Gasteiger partial charge in [0.2, 0.25) is 11.8 Å². The molecule has 0 unspecified atom stereocenters.